The predicted octanol–water partition coefficient (Wildman–Crippen LogP) is 2.86. The number of aromatic hydroxyl groups is 1. The lowest BCUT2D eigenvalue weighted by Gasteiger charge is -2.10. The lowest BCUT2D eigenvalue weighted by atomic mass is 9.98. The second-order valence-electron chi connectivity index (χ2n) is 3.56. The van der Waals surface area contributed by atoms with Crippen LogP contribution in [0.2, 0.25) is 0 Å². The number of aryl methyl sites for hydroxylation is 1. The summed E-state index contributed by atoms with van der Waals surface area (Å²) in [5.41, 5.74) is 2.38. The Labute approximate surface area is 84.6 Å². The Kier molecular flexibility index (Phi) is 3.28. The van der Waals surface area contributed by atoms with Crippen molar-refractivity contribution < 1.29 is 9.90 Å². The normalized spacial score (nSPS) is 10.2. The van der Waals surface area contributed by atoms with Crippen LogP contribution in [0.1, 0.15) is 41.8 Å². The number of Topliss-reactive ketones (excluding diaryl/α,β-unsaturated/α-hetero) is 1. The van der Waals surface area contributed by atoms with E-state index < -0.39 is 0 Å². The number of benzene rings is 1. The van der Waals surface area contributed by atoms with Gasteiger partial charge in [-0.2, -0.15) is 0 Å². The number of phenols is 1. The smallest absolute Gasteiger partial charge is 0.163 e. The molecule has 2 nitrogen and oxygen atoms in total. The van der Waals surface area contributed by atoms with Crippen molar-refractivity contribution in [1.82, 2.24) is 0 Å². The first-order valence-corrected chi connectivity index (χ1v) is 4.90. The van der Waals surface area contributed by atoms with Gasteiger partial charge in [-0.25, -0.2) is 0 Å². The number of phenolic OH excluding ortho intramolecular Hbond substituents is 1. The summed E-state index contributed by atoms with van der Waals surface area (Å²) in [6.45, 7) is 5.48. The average Bonchev–Trinajstić information content (AvgIpc) is 2.11. The van der Waals surface area contributed by atoms with Crippen LogP contribution in [0.25, 0.3) is 0 Å². The number of carbonyl (C=O) groups is 1. The molecule has 0 aromatic heterocycles. The van der Waals surface area contributed by atoms with E-state index in [0.29, 0.717) is 5.56 Å². The molecule has 0 aliphatic carbocycles. The minimum atomic E-state index is -0.0835. The van der Waals surface area contributed by atoms with Gasteiger partial charge in [0.2, 0.25) is 0 Å². The van der Waals surface area contributed by atoms with E-state index >= 15 is 0 Å². The number of rotatable bonds is 3. The Morgan fingerprint density at radius 2 is 2.07 bits per heavy atom. The van der Waals surface area contributed by atoms with Gasteiger partial charge in [0, 0.05) is 0 Å². The molecule has 1 rings (SSSR count). The van der Waals surface area contributed by atoms with Crippen molar-refractivity contribution in [1.29, 1.82) is 0 Å². The zero-order chi connectivity index (χ0) is 10.7. The summed E-state index contributed by atoms with van der Waals surface area (Å²) < 4.78 is 0. The molecular weight excluding hydrogens is 176 g/mol. The van der Waals surface area contributed by atoms with E-state index in [1.54, 1.807) is 6.07 Å². The minimum absolute atomic E-state index is 0.0835. The van der Waals surface area contributed by atoms with Gasteiger partial charge in [-0.15, -0.1) is 0 Å². The van der Waals surface area contributed by atoms with E-state index in [9.17, 15) is 9.90 Å². The largest absolute Gasteiger partial charge is 0.507 e. The van der Waals surface area contributed by atoms with Gasteiger partial charge < -0.3 is 5.11 Å². The highest BCUT2D eigenvalue weighted by Crippen LogP contribution is 2.27. The fourth-order valence-electron chi connectivity index (χ4n) is 1.59. The summed E-state index contributed by atoms with van der Waals surface area (Å²) in [5.74, 6) is 0.0826. The van der Waals surface area contributed by atoms with E-state index in [1.807, 2.05) is 13.0 Å². The summed E-state index contributed by atoms with van der Waals surface area (Å²) in [4.78, 5) is 11.2. The lowest BCUT2D eigenvalue weighted by molar-refractivity contribution is 0.101. The van der Waals surface area contributed by atoms with E-state index in [1.165, 1.54) is 6.92 Å². The first kappa shape index (κ1) is 10.8. The summed E-state index contributed by atoms with van der Waals surface area (Å²) in [7, 11) is 0. The second-order valence-corrected chi connectivity index (χ2v) is 3.56. The number of hydrogen-bond acceptors (Lipinski definition) is 2. The van der Waals surface area contributed by atoms with Crippen molar-refractivity contribution in [2.45, 2.75) is 33.6 Å². The van der Waals surface area contributed by atoms with Gasteiger partial charge in [-0.05, 0) is 37.5 Å². The molecule has 0 aliphatic rings. The van der Waals surface area contributed by atoms with Gasteiger partial charge in [0.25, 0.3) is 0 Å². The van der Waals surface area contributed by atoms with Crippen LogP contribution in [0, 0.1) is 6.92 Å². The summed E-state index contributed by atoms with van der Waals surface area (Å²) in [6.07, 6.45) is 1.79. The molecule has 0 radical (unpaired) electrons. The van der Waals surface area contributed by atoms with Gasteiger partial charge in [-0.3, -0.25) is 4.79 Å². The van der Waals surface area contributed by atoms with E-state index in [4.69, 9.17) is 0 Å². The van der Waals surface area contributed by atoms with Crippen LogP contribution >= 0.6 is 0 Å². The van der Waals surface area contributed by atoms with Crippen LogP contribution < -0.4 is 0 Å². The Hall–Kier alpha value is -1.31. The van der Waals surface area contributed by atoms with Crippen molar-refractivity contribution in [3.05, 3.63) is 28.8 Å². The highest BCUT2D eigenvalue weighted by molar-refractivity contribution is 5.97. The molecule has 1 aromatic carbocycles. The number of carbonyl (C=O) groups excluding carboxylic acids is 1. The van der Waals surface area contributed by atoms with Crippen molar-refractivity contribution >= 4 is 5.78 Å². The number of hydrogen-bond donors (Lipinski definition) is 1. The van der Waals surface area contributed by atoms with Gasteiger partial charge in [-0.1, -0.05) is 19.4 Å². The fourth-order valence-corrected chi connectivity index (χ4v) is 1.59. The molecule has 0 unspecified atom stereocenters. The van der Waals surface area contributed by atoms with Crippen LogP contribution in [-0.2, 0) is 6.42 Å². The van der Waals surface area contributed by atoms with Gasteiger partial charge in [0.1, 0.15) is 5.75 Å². The first-order chi connectivity index (χ1) is 6.57. The van der Waals surface area contributed by atoms with Crippen molar-refractivity contribution in [2.24, 2.45) is 0 Å². The molecule has 0 bridgehead atoms. The predicted molar refractivity (Wildman–Crippen MR) is 56.8 cm³/mol. The van der Waals surface area contributed by atoms with Crippen LogP contribution in [-0.4, -0.2) is 10.9 Å². The summed E-state index contributed by atoms with van der Waals surface area (Å²) in [6, 6.07) is 3.58. The zero-order valence-corrected chi connectivity index (χ0v) is 8.92. The van der Waals surface area contributed by atoms with Gasteiger partial charge in [0.15, 0.2) is 5.78 Å². The first-order valence-electron chi connectivity index (χ1n) is 4.90. The molecule has 2 heteroatoms. The van der Waals surface area contributed by atoms with Gasteiger partial charge in [0.05, 0.1) is 5.56 Å². The van der Waals surface area contributed by atoms with E-state index in [0.717, 1.165) is 24.0 Å². The van der Waals surface area contributed by atoms with Gasteiger partial charge >= 0.3 is 0 Å². The molecule has 0 spiro atoms. The van der Waals surface area contributed by atoms with E-state index in [2.05, 4.69) is 6.92 Å². The molecule has 0 heterocycles. The average molecular weight is 192 g/mol. The topological polar surface area (TPSA) is 37.3 Å². The van der Waals surface area contributed by atoms with Crippen molar-refractivity contribution in [3.8, 4) is 5.75 Å². The zero-order valence-electron chi connectivity index (χ0n) is 8.92. The molecule has 0 aliphatic heterocycles. The maximum absolute atomic E-state index is 11.2. The quantitative estimate of drug-likeness (QED) is 0.748. The number of ketones is 1. The molecule has 76 valence electrons. The monoisotopic (exact) mass is 192 g/mol. The van der Waals surface area contributed by atoms with Crippen LogP contribution in [0.4, 0.5) is 0 Å². The standard InChI is InChI=1S/C12H16O2/c1-4-5-10-8(2)6-7-11(9(3)13)12(10)14/h6-7,14H,4-5H2,1-3H3. The van der Waals surface area contributed by atoms with Crippen LogP contribution in [0.5, 0.6) is 5.75 Å². The lowest BCUT2D eigenvalue weighted by Crippen LogP contribution is -1.98. The molecule has 0 fully saturated rings. The third-order valence-corrected chi connectivity index (χ3v) is 2.40. The van der Waals surface area contributed by atoms with Crippen LogP contribution in [0.15, 0.2) is 12.1 Å². The van der Waals surface area contributed by atoms with Crippen LogP contribution in [0.3, 0.4) is 0 Å². The summed E-state index contributed by atoms with van der Waals surface area (Å²) >= 11 is 0. The van der Waals surface area contributed by atoms with E-state index in [-0.39, 0.29) is 11.5 Å². The Balaban J connectivity index is 3.26. The van der Waals surface area contributed by atoms with Crippen molar-refractivity contribution in [2.75, 3.05) is 0 Å². The summed E-state index contributed by atoms with van der Waals surface area (Å²) in [5, 5.41) is 9.85. The fraction of sp³-hybridized carbons (Fsp3) is 0.417. The molecule has 1 aromatic rings. The third-order valence-electron chi connectivity index (χ3n) is 2.40. The SMILES string of the molecule is CCCc1c(C)ccc(C(C)=O)c1O. The third kappa shape index (κ3) is 1.95. The Morgan fingerprint density at radius 1 is 1.43 bits per heavy atom. The molecule has 0 saturated heterocycles. The Morgan fingerprint density at radius 3 is 2.57 bits per heavy atom. The minimum Gasteiger partial charge on any atom is -0.507 e. The molecular formula is C12H16O2. The Bertz CT molecular complexity index is 354. The second kappa shape index (κ2) is 4.27. The molecule has 14 heavy (non-hydrogen) atoms. The molecule has 0 atom stereocenters. The maximum atomic E-state index is 11.2. The van der Waals surface area contributed by atoms with Crippen molar-refractivity contribution in [3.63, 3.8) is 0 Å². The molecule has 0 saturated carbocycles. The molecule has 0 amide bonds. The molecule has 1 N–H and O–H groups in total. The highest BCUT2D eigenvalue weighted by Gasteiger charge is 2.12. The maximum Gasteiger partial charge on any atom is 0.163 e. The highest BCUT2D eigenvalue weighted by atomic mass is 16.3.